The summed E-state index contributed by atoms with van der Waals surface area (Å²) in [6.07, 6.45) is -6.51. The first-order chi connectivity index (χ1) is 31.7. The zero-order valence-electron chi connectivity index (χ0n) is 36.3. The number of ether oxygens (including phenoxy) is 10. The van der Waals surface area contributed by atoms with Crippen LogP contribution in [0.4, 0.5) is 0 Å². The van der Waals surface area contributed by atoms with Gasteiger partial charge >= 0.3 is 0 Å². The highest BCUT2D eigenvalue weighted by molar-refractivity contribution is 5.18. The van der Waals surface area contributed by atoms with E-state index in [1.807, 2.05) is 182 Å². The van der Waals surface area contributed by atoms with Gasteiger partial charge in [0.2, 0.25) is 0 Å². The van der Waals surface area contributed by atoms with Gasteiger partial charge in [0, 0.05) is 7.11 Å². The van der Waals surface area contributed by atoms with Crippen molar-refractivity contribution in [3.63, 3.8) is 0 Å². The Morgan fingerprint density at radius 2 is 0.625 bits per heavy atom. The van der Waals surface area contributed by atoms with E-state index in [-0.39, 0.29) is 19.8 Å². The first-order valence-corrected chi connectivity index (χ1v) is 22.0. The Labute approximate surface area is 376 Å². The summed E-state index contributed by atoms with van der Waals surface area (Å²) in [6.45, 7) is 2.45. The largest absolute Gasteiger partial charge is 0.374 e. The highest BCUT2D eigenvalue weighted by Crippen LogP contribution is 2.36. The number of hydrogen-bond donors (Lipinski definition) is 0. The molecule has 0 amide bonds. The van der Waals surface area contributed by atoms with E-state index in [9.17, 15) is 0 Å². The number of benzene rings is 6. The Balaban J connectivity index is 1.10. The molecule has 0 spiro atoms. The first-order valence-electron chi connectivity index (χ1n) is 22.0. The molecule has 0 bridgehead atoms. The molecule has 2 aliphatic heterocycles. The molecule has 10 nitrogen and oxygen atoms in total. The maximum absolute atomic E-state index is 7.16. The Bertz CT molecular complexity index is 2170. The molecule has 0 aromatic heterocycles. The summed E-state index contributed by atoms with van der Waals surface area (Å²) in [5, 5.41) is 0. The highest BCUT2D eigenvalue weighted by atomic mass is 16.8. The molecule has 0 radical (unpaired) electrons. The van der Waals surface area contributed by atoms with Crippen LogP contribution in [0.3, 0.4) is 0 Å². The van der Waals surface area contributed by atoms with Crippen LogP contribution in [0.2, 0.25) is 0 Å². The van der Waals surface area contributed by atoms with E-state index < -0.39 is 55.3 Å². The van der Waals surface area contributed by atoms with Gasteiger partial charge < -0.3 is 47.4 Å². The molecule has 2 saturated heterocycles. The average Bonchev–Trinajstić information content (AvgIpc) is 3.68. The van der Waals surface area contributed by atoms with Gasteiger partial charge in [-0.3, -0.25) is 0 Å². The molecule has 6 aromatic carbocycles. The highest BCUT2D eigenvalue weighted by Gasteiger charge is 2.54. The van der Waals surface area contributed by atoms with E-state index in [0.29, 0.717) is 33.0 Å². The molecule has 2 fully saturated rings. The van der Waals surface area contributed by atoms with E-state index in [4.69, 9.17) is 47.4 Å². The minimum absolute atomic E-state index is 0.213. The lowest BCUT2D eigenvalue weighted by atomic mass is 9.97. The molecule has 0 unspecified atom stereocenters. The summed E-state index contributed by atoms with van der Waals surface area (Å²) in [4.78, 5) is 0. The van der Waals surface area contributed by atoms with E-state index in [1.165, 1.54) is 0 Å². The maximum atomic E-state index is 7.16. The lowest BCUT2D eigenvalue weighted by Gasteiger charge is -2.46. The lowest BCUT2D eigenvalue weighted by Crippen LogP contribution is -2.62. The maximum Gasteiger partial charge on any atom is 0.187 e. The van der Waals surface area contributed by atoms with Crippen LogP contribution in [0, 0.1) is 0 Å². The molecule has 2 heterocycles. The van der Waals surface area contributed by atoms with Gasteiger partial charge in [0.05, 0.1) is 52.9 Å². The second kappa shape index (κ2) is 24.3. The minimum atomic E-state index is -0.954. The van der Waals surface area contributed by atoms with Gasteiger partial charge in [-0.05, 0) is 33.4 Å². The zero-order valence-corrected chi connectivity index (χ0v) is 36.3. The molecule has 0 saturated carbocycles. The van der Waals surface area contributed by atoms with Crippen molar-refractivity contribution < 1.29 is 47.4 Å². The number of hydrogen-bond acceptors (Lipinski definition) is 10. The summed E-state index contributed by atoms with van der Waals surface area (Å²) in [7, 11) is 1.60. The third kappa shape index (κ3) is 13.0. The quantitative estimate of drug-likeness (QED) is 0.0621. The van der Waals surface area contributed by atoms with Crippen LogP contribution in [-0.2, 0) is 87.0 Å². The molecular weight excluding hydrogens is 809 g/mol. The monoisotopic (exact) mass is 866 g/mol. The van der Waals surface area contributed by atoms with E-state index >= 15 is 0 Å². The predicted molar refractivity (Wildman–Crippen MR) is 241 cm³/mol. The van der Waals surface area contributed by atoms with Crippen LogP contribution >= 0.6 is 0 Å². The van der Waals surface area contributed by atoms with Crippen molar-refractivity contribution in [1.82, 2.24) is 0 Å². The predicted octanol–water partition coefficient (Wildman–Crippen LogP) is 9.24. The Hall–Kier alpha value is -5.08. The smallest absolute Gasteiger partial charge is 0.187 e. The van der Waals surface area contributed by atoms with Crippen LogP contribution < -0.4 is 0 Å². The van der Waals surface area contributed by atoms with Crippen molar-refractivity contribution in [3.8, 4) is 0 Å². The lowest BCUT2D eigenvalue weighted by molar-refractivity contribution is -0.347. The summed E-state index contributed by atoms with van der Waals surface area (Å²) >= 11 is 0. The summed E-state index contributed by atoms with van der Waals surface area (Å²) in [6, 6.07) is 60.3. The molecule has 10 heteroatoms. The van der Waals surface area contributed by atoms with Gasteiger partial charge in [0.1, 0.15) is 42.7 Å². The van der Waals surface area contributed by atoms with Crippen LogP contribution in [0.5, 0.6) is 0 Å². The molecule has 334 valence electrons. The van der Waals surface area contributed by atoms with Crippen LogP contribution in [0.1, 0.15) is 33.4 Å². The van der Waals surface area contributed by atoms with E-state index in [1.54, 1.807) is 7.11 Å². The van der Waals surface area contributed by atoms with Crippen LogP contribution in [0.25, 0.3) is 0 Å². The first kappa shape index (κ1) is 45.5. The van der Waals surface area contributed by atoms with Gasteiger partial charge in [-0.2, -0.15) is 0 Å². The SMILES string of the molecule is CO[C@H]1O[C@H](COCc2ccccc2)[C@@H](OCc2ccccc2)[C@H](OCc2ccccc2)[C@H]1O[C@H]1O[C@H](COCc2ccccc2)[C@@H](OCc2ccccc2)[C@@H]1OCc1ccccc1. The summed E-state index contributed by atoms with van der Waals surface area (Å²) in [5.41, 5.74) is 6.12. The third-order valence-corrected chi connectivity index (χ3v) is 11.3. The molecule has 0 N–H and O–H groups in total. The zero-order chi connectivity index (χ0) is 43.6. The Kier molecular flexibility index (Phi) is 17.3. The van der Waals surface area contributed by atoms with Gasteiger partial charge in [0.25, 0.3) is 0 Å². The molecular formula is C54H58O10. The van der Waals surface area contributed by atoms with Gasteiger partial charge in [-0.25, -0.2) is 0 Å². The second-order valence-electron chi connectivity index (χ2n) is 16.0. The third-order valence-electron chi connectivity index (χ3n) is 11.3. The molecule has 9 atom stereocenters. The van der Waals surface area contributed by atoms with Gasteiger partial charge in [-0.15, -0.1) is 0 Å². The van der Waals surface area contributed by atoms with Crippen molar-refractivity contribution in [2.24, 2.45) is 0 Å². The standard InChI is InChI=1S/C54H58O10/c1-55-53-52(50(60-36-44-28-16-6-17-29-44)48(58-34-42-24-12-4-13-25-42)46(62-53)38-56-32-40-20-8-2-9-21-40)64-54-51(61-37-45-30-18-7-19-31-45)49(59-35-43-26-14-5-15-27-43)47(63-54)39-57-33-41-22-10-3-11-23-41/h2-31,46-54H,32-39H2,1H3/t46-,47-,48-,49-,50+,51+,52-,53+,54-/m1/s1. The normalized spacial score (nSPS) is 24.4. The molecule has 6 aromatic rings. The van der Waals surface area contributed by atoms with E-state index in [2.05, 4.69) is 0 Å². The van der Waals surface area contributed by atoms with Gasteiger partial charge in [0.15, 0.2) is 12.6 Å². The average molecular weight is 867 g/mol. The van der Waals surface area contributed by atoms with Crippen molar-refractivity contribution >= 4 is 0 Å². The number of rotatable bonds is 23. The fraction of sp³-hybridized carbons (Fsp3) is 0.333. The fourth-order valence-electron chi connectivity index (χ4n) is 8.01. The van der Waals surface area contributed by atoms with Crippen molar-refractivity contribution in [2.45, 2.75) is 94.9 Å². The Morgan fingerprint density at radius 3 is 0.984 bits per heavy atom. The molecule has 0 aliphatic carbocycles. The summed E-state index contributed by atoms with van der Waals surface area (Å²) in [5.74, 6) is 0. The van der Waals surface area contributed by atoms with Crippen LogP contribution in [0.15, 0.2) is 182 Å². The second-order valence-corrected chi connectivity index (χ2v) is 16.0. The minimum Gasteiger partial charge on any atom is -0.374 e. The molecule has 2 aliphatic rings. The van der Waals surface area contributed by atoms with Gasteiger partial charge in [-0.1, -0.05) is 182 Å². The number of methoxy groups -OCH3 is 1. The van der Waals surface area contributed by atoms with Crippen molar-refractivity contribution in [2.75, 3.05) is 20.3 Å². The van der Waals surface area contributed by atoms with Crippen LogP contribution in [-0.4, -0.2) is 75.6 Å². The van der Waals surface area contributed by atoms with Crippen molar-refractivity contribution in [1.29, 1.82) is 0 Å². The summed E-state index contributed by atoms with van der Waals surface area (Å²) < 4.78 is 67.0. The topological polar surface area (TPSA) is 92.3 Å². The molecule has 64 heavy (non-hydrogen) atoms. The van der Waals surface area contributed by atoms with Crippen molar-refractivity contribution in [3.05, 3.63) is 215 Å². The fourth-order valence-corrected chi connectivity index (χ4v) is 8.01. The Morgan fingerprint density at radius 1 is 0.328 bits per heavy atom. The molecule has 8 rings (SSSR count). The van der Waals surface area contributed by atoms with E-state index in [0.717, 1.165) is 33.4 Å².